The van der Waals surface area contributed by atoms with Gasteiger partial charge in [0.25, 0.3) is 20.0 Å². The minimum atomic E-state index is -4.03. The van der Waals surface area contributed by atoms with Gasteiger partial charge >= 0.3 is 23.9 Å². The van der Waals surface area contributed by atoms with Gasteiger partial charge in [-0.15, -0.1) is 0 Å². The first-order valence-electron chi connectivity index (χ1n) is 16.8. The molecule has 0 saturated heterocycles. The molecule has 306 valence electrons. The van der Waals surface area contributed by atoms with Crippen LogP contribution in [0.15, 0.2) is 83.1 Å². The number of esters is 2. The van der Waals surface area contributed by atoms with Gasteiger partial charge in [-0.3, -0.25) is 9.59 Å². The fourth-order valence-corrected chi connectivity index (χ4v) is 6.14. The molecule has 0 aliphatic heterocycles. The number of hydrogen-bond donors (Lipinski definition) is 4. The maximum atomic E-state index is 12.5. The van der Waals surface area contributed by atoms with Gasteiger partial charge in [-0.1, -0.05) is 18.2 Å². The van der Waals surface area contributed by atoms with Gasteiger partial charge in [0.05, 0.1) is 33.9 Å². The highest BCUT2D eigenvalue weighted by Crippen LogP contribution is 2.20. The van der Waals surface area contributed by atoms with Crippen LogP contribution in [0.5, 0.6) is 5.75 Å². The molecule has 2 heterocycles. The van der Waals surface area contributed by atoms with Gasteiger partial charge in [0.15, 0.2) is 0 Å². The quantitative estimate of drug-likeness (QED) is 0.121. The lowest BCUT2D eigenvalue weighted by molar-refractivity contribution is -0.156. The zero-order chi connectivity index (χ0) is 42.6. The number of sulfonamides is 2. The molecule has 4 rings (SSSR count). The zero-order valence-corrected chi connectivity index (χ0v) is 33.4. The monoisotopic (exact) mass is 830 g/mol. The first-order valence-corrected chi connectivity index (χ1v) is 19.8. The third kappa shape index (κ3) is 15.8. The molecule has 19 nitrogen and oxygen atoms in total. The molecular weight excluding hydrogens is 789 g/mol. The van der Waals surface area contributed by atoms with Gasteiger partial charge in [0, 0.05) is 37.3 Å². The second kappa shape index (κ2) is 19.1. The third-order valence-electron chi connectivity index (χ3n) is 6.63. The Hall–Kier alpha value is -6.22. The molecule has 2 aromatic heterocycles. The summed E-state index contributed by atoms with van der Waals surface area (Å²) in [5.41, 5.74) is -0.690. The Labute approximate surface area is 329 Å². The van der Waals surface area contributed by atoms with Crippen molar-refractivity contribution < 1.29 is 60.4 Å². The number of aryl methyl sites for hydroxylation is 1. The Bertz CT molecular complexity index is 2260. The number of benzene rings is 2. The summed E-state index contributed by atoms with van der Waals surface area (Å²) in [6.07, 6.45) is 4.61. The van der Waals surface area contributed by atoms with E-state index < -0.39 is 49.2 Å². The van der Waals surface area contributed by atoms with Crippen LogP contribution in [0.2, 0.25) is 0 Å². The molecule has 0 aliphatic carbocycles. The number of aromatic carboxylic acids is 2. The fraction of sp³-hybridized carbons (Fsp3) is 0.333. The predicted molar refractivity (Wildman–Crippen MR) is 203 cm³/mol. The molecule has 0 saturated carbocycles. The second-order valence-electron chi connectivity index (χ2n) is 13.8. The standard InChI is InChI=1S/C18H21N3O7S.C18H21N3O6S/c1-18(2,3)28-15(22)7-8-27-13-5-4-6-14(9-13)29(25,26)21-17-19-10-12(11-20-17)16(23)24;1-18(2,3)27-15(22)9-6-12-4-7-14(8-5-12)28(25,26)21-17-19-10-13(11-20-17)16(23)24/h4-6,9-11H,7-8H2,1-3H3,(H,23,24)(H,19,20,21);4-5,7-8,10-11H,6,9H2,1-3H3,(H,23,24)(H,19,20,21). The van der Waals surface area contributed by atoms with Crippen molar-refractivity contribution in [3.8, 4) is 5.75 Å². The van der Waals surface area contributed by atoms with E-state index in [-0.39, 0.29) is 64.0 Å². The van der Waals surface area contributed by atoms with Crippen molar-refractivity contribution in [3.05, 3.63) is 90.0 Å². The number of carboxylic acids is 2. The van der Waals surface area contributed by atoms with Gasteiger partial charge < -0.3 is 24.4 Å². The Kier molecular flexibility index (Phi) is 15.1. The summed E-state index contributed by atoms with van der Waals surface area (Å²) in [5, 5.41) is 17.6. The highest BCUT2D eigenvalue weighted by molar-refractivity contribution is 7.93. The fourth-order valence-electron chi connectivity index (χ4n) is 4.19. The lowest BCUT2D eigenvalue weighted by Crippen LogP contribution is -2.24. The molecule has 0 unspecified atom stereocenters. The van der Waals surface area contributed by atoms with Gasteiger partial charge in [0.2, 0.25) is 11.9 Å². The van der Waals surface area contributed by atoms with E-state index in [4.69, 9.17) is 24.4 Å². The number of rotatable bonds is 15. The van der Waals surface area contributed by atoms with Crippen LogP contribution >= 0.6 is 0 Å². The predicted octanol–water partition coefficient (Wildman–Crippen LogP) is 4.34. The number of aromatic nitrogens is 4. The third-order valence-corrected chi connectivity index (χ3v) is 9.30. The van der Waals surface area contributed by atoms with E-state index in [2.05, 4.69) is 29.4 Å². The summed E-state index contributed by atoms with van der Waals surface area (Å²) in [5.74, 6) is -3.45. The van der Waals surface area contributed by atoms with Crippen LogP contribution in [0.3, 0.4) is 0 Å². The Morgan fingerprint density at radius 3 is 1.51 bits per heavy atom. The molecular formula is C36H42N6O13S2. The Balaban J connectivity index is 0.000000306. The highest BCUT2D eigenvalue weighted by Gasteiger charge is 2.20. The van der Waals surface area contributed by atoms with Crippen molar-refractivity contribution in [3.63, 3.8) is 0 Å². The summed E-state index contributed by atoms with van der Waals surface area (Å²) in [7, 11) is -7.96. The van der Waals surface area contributed by atoms with E-state index in [1.54, 1.807) is 59.7 Å². The van der Waals surface area contributed by atoms with Gasteiger partial charge in [-0.25, -0.2) is 55.8 Å². The van der Waals surface area contributed by atoms with Crippen molar-refractivity contribution in [2.75, 3.05) is 16.1 Å². The Morgan fingerprint density at radius 1 is 0.632 bits per heavy atom. The minimum Gasteiger partial charge on any atom is -0.493 e. The Morgan fingerprint density at radius 2 is 1.07 bits per heavy atom. The van der Waals surface area contributed by atoms with Crippen molar-refractivity contribution in [2.45, 2.75) is 81.8 Å². The van der Waals surface area contributed by atoms with Crippen molar-refractivity contribution in [1.29, 1.82) is 0 Å². The number of nitrogens with zero attached hydrogens (tertiary/aromatic N) is 4. The summed E-state index contributed by atoms with van der Waals surface area (Å²) in [6.45, 7) is 10.7. The number of hydrogen-bond acceptors (Lipinski definition) is 15. The largest absolute Gasteiger partial charge is 0.493 e. The average Bonchev–Trinajstić information content (AvgIpc) is 3.10. The molecule has 0 atom stereocenters. The maximum absolute atomic E-state index is 12.5. The van der Waals surface area contributed by atoms with E-state index >= 15 is 0 Å². The molecule has 4 aromatic rings. The average molecular weight is 831 g/mol. The number of carbonyl (C=O) groups excluding carboxylic acids is 2. The second-order valence-corrected chi connectivity index (χ2v) is 17.2. The summed E-state index contributed by atoms with van der Waals surface area (Å²) >= 11 is 0. The lowest BCUT2D eigenvalue weighted by Gasteiger charge is -2.19. The molecule has 0 radical (unpaired) electrons. The number of anilines is 2. The van der Waals surface area contributed by atoms with Crippen LogP contribution in [0.4, 0.5) is 11.9 Å². The lowest BCUT2D eigenvalue weighted by atomic mass is 10.1. The van der Waals surface area contributed by atoms with Crippen LogP contribution in [-0.4, -0.2) is 88.7 Å². The normalized spacial score (nSPS) is 11.6. The number of carboxylic acid groups (broad SMARTS) is 2. The van der Waals surface area contributed by atoms with E-state index in [1.807, 2.05) is 0 Å². The molecule has 21 heteroatoms. The SMILES string of the molecule is CC(C)(C)OC(=O)CCOc1cccc(S(=O)(=O)Nc2ncc(C(=O)O)cn2)c1.CC(C)(C)OC(=O)CCc1ccc(S(=O)(=O)Nc2ncc(C(=O)O)cn2)cc1. The highest BCUT2D eigenvalue weighted by atomic mass is 32.2. The topological polar surface area (TPSA) is 280 Å². The minimum absolute atomic E-state index is 0.0102. The van der Waals surface area contributed by atoms with Crippen LogP contribution in [0, 0.1) is 0 Å². The van der Waals surface area contributed by atoms with Crippen LogP contribution < -0.4 is 14.2 Å². The molecule has 4 N–H and O–H groups in total. The van der Waals surface area contributed by atoms with Crippen LogP contribution in [0.25, 0.3) is 0 Å². The zero-order valence-electron chi connectivity index (χ0n) is 31.7. The van der Waals surface area contributed by atoms with Crippen molar-refractivity contribution in [2.24, 2.45) is 0 Å². The van der Waals surface area contributed by atoms with Crippen molar-refractivity contribution >= 4 is 55.8 Å². The summed E-state index contributed by atoms with van der Waals surface area (Å²) < 4.78 is 69.9. The number of nitrogens with one attached hydrogen (secondary N) is 2. The molecule has 0 aliphatic rings. The van der Waals surface area contributed by atoms with Crippen molar-refractivity contribution in [1.82, 2.24) is 19.9 Å². The molecule has 0 bridgehead atoms. The summed E-state index contributed by atoms with van der Waals surface area (Å²) in [4.78, 5) is 59.5. The first kappa shape index (κ1) is 45.2. The molecule has 0 spiro atoms. The van der Waals surface area contributed by atoms with Gasteiger partial charge in [0.1, 0.15) is 17.0 Å². The van der Waals surface area contributed by atoms with Crippen LogP contribution in [-0.2, 0) is 45.5 Å². The van der Waals surface area contributed by atoms with Gasteiger partial charge in [-0.05, 0) is 77.8 Å². The van der Waals surface area contributed by atoms with E-state index in [9.17, 15) is 36.0 Å². The smallest absolute Gasteiger partial charge is 0.338 e. The van der Waals surface area contributed by atoms with Crippen LogP contribution in [0.1, 0.15) is 80.7 Å². The molecule has 2 aromatic carbocycles. The van der Waals surface area contributed by atoms with Gasteiger partial charge in [-0.2, -0.15) is 0 Å². The number of ether oxygens (including phenoxy) is 3. The molecule has 0 amide bonds. The van der Waals surface area contributed by atoms with E-state index in [1.165, 1.54) is 30.3 Å². The molecule has 57 heavy (non-hydrogen) atoms. The molecule has 0 fully saturated rings. The van der Waals surface area contributed by atoms with E-state index in [0.29, 0.717) is 6.42 Å². The first-order chi connectivity index (χ1) is 26.4. The maximum Gasteiger partial charge on any atom is 0.338 e. The number of carbonyl (C=O) groups is 4. The van der Waals surface area contributed by atoms with E-state index in [0.717, 1.165) is 30.4 Å². The summed E-state index contributed by atoms with van der Waals surface area (Å²) in [6, 6.07) is 11.7.